The van der Waals surface area contributed by atoms with Crippen LogP contribution in [0.3, 0.4) is 0 Å². The quantitative estimate of drug-likeness (QED) is 0.723. The zero-order chi connectivity index (χ0) is 17.0. The van der Waals surface area contributed by atoms with E-state index in [2.05, 4.69) is 15.9 Å². The minimum atomic E-state index is -0.705. The molecule has 0 bridgehead atoms. The highest BCUT2D eigenvalue weighted by atomic mass is 79.9. The van der Waals surface area contributed by atoms with Crippen LogP contribution in [0.25, 0.3) is 0 Å². The number of ketones is 1. The lowest BCUT2D eigenvalue weighted by molar-refractivity contribution is -0.161. The standard InChI is InChI=1S/C18H23BrO4/c1-18(17(21)23-3)10-4-5-16(20)14(18)9-7-12-6-8-13(22-2)11-15(12)19/h6,8,11,14H,4-5,7,9-10H2,1-3H3/t14-,18-/m1/s1. The molecule has 0 radical (unpaired) electrons. The van der Waals surface area contributed by atoms with E-state index >= 15 is 0 Å². The second kappa shape index (κ2) is 7.47. The van der Waals surface area contributed by atoms with Gasteiger partial charge in [-0.3, -0.25) is 9.59 Å². The number of methoxy groups -OCH3 is 2. The number of benzene rings is 1. The van der Waals surface area contributed by atoms with Crippen LogP contribution in [-0.4, -0.2) is 26.0 Å². The molecule has 0 unspecified atom stereocenters. The number of carbonyl (C=O) groups is 2. The number of esters is 1. The molecule has 2 atom stereocenters. The first-order chi connectivity index (χ1) is 10.9. The molecule has 0 N–H and O–H groups in total. The Labute approximate surface area is 145 Å². The number of Topliss-reactive ketones (excluding diaryl/α,β-unsaturated/α-hetero) is 1. The molecule has 126 valence electrons. The summed E-state index contributed by atoms with van der Waals surface area (Å²) >= 11 is 3.54. The fraction of sp³-hybridized carbons (Fsp3) is 0.556. The summed E-state index contributed by atoms with van der Waals surface area (Å²) in [6.45, 7) is 1.86. The van der Waals surface area contributed by atoms with Crippen molar-refractivity contribution in [3.05, 3.63) is 28.2 Å². The van der Waals surface area contributed by atoms with E-state index in [-0.39, 0.29) is 17.7 Å². The summed E-state index contributed by atoms with van der Waals surface area (Å²) in [5, 5.41) is 0. The SMILES string of the molecule is COC(=O)[C@]1(C)CCCC(=O)[C@H]1CCc1ccc(OC)cc1Br. The lowest BCUT2D eigenvalue weighted by Gasteiger charge is -2.38. The monoisotopic (exact) mass is 382 g/mol. The third-order valence-electron chi connectivity index (χ3n) is 4.89. The zero-order valence-corrected chi connectivity index (χ0v) is 15.4. The Hall–Kier alpha value is -1.36. The van der Waals surface area contributed by atoms with Crippen LogP contribution in [0.15, 0.2) is 22.7 Å². The van der Waals surface area contributed by atoms with Crippen molar-refractivity contribution >= 4 is 27.7 Å². The zero-order valence-electron chi connectivity index (χ0n) is 13.9. The van der Waals surface area contributed by atoms with Gasteiger partial charge in [0.05, 0.1) is 19.6 Å². The molecule has 1 aliphatic carbocycles. The first-order valence-electron chi connectivity index (χ1n) is 7.86. The molecule has 0 amide bonds. The Kier molecular flexibility index (Phi) is 5.84. The van der Waals surface area contributed by atoms with Crippen LogP contribution < -0.4 is 4.74 Å². The first-order valence-corrected chi connectivity index (χ1v) is 8.65. The van der Waals surface area contributed by atoms with Gasteiger partial charge in [0.25, 0.3) is 0 Å². The molecule has 1 fully saturated rings. The third kappa shape index (κ3) is 3.77. The third-order valence-corrected chi connectivity index (χ3v) is 5.63. The predicted octanol–water partition coefficient (Wildman–Crippen LogP) is 3.94. The number of hydrogen-bond donors (Lipinski definition) is 0. The van der Waals surface area contributed by atoms with E-state index in [0.29, 0.717) is 19.3 Å². The van der Waals surface area contributed by atoms with Gasteiger partial charge in [0.15, 0.2) is 0 Å². The van der Waals surface area contributed by atoms with Crippen molar-refractivity contribution in [3.8, 4) is 5.75 Å². The summed E-state index contributed by atoms with van der Waals surface area (Å²) in [7, 11) is 3.02. The number of halogens is 1. The van der Waals surface area contributed by atoms with E-state index in [1.165, 1.54) is 7.11 Å². The summed E-state index contributed by atoms with van der Waals surface area (Å²) in [6, 6.07) is 5.81. The lowest BCUT2D eigenvalue weighted by atomic mass is 9.65. The van der Waals surface area contributed by atoms with E-state index in [9.17, 15) is 9.59 Å². The predicted molar refractivity (Wildman–Crippen MR) is 91.5 cm³/mol. The van der Waals surface area contributed by atoms with Crippen LogP contribution in [0.1, 0.15) is 38.2 Å². The Bertz CT molecular complexity index is 599. The molecular weight excluding hydrogens is 360 g/mol. The molecule has 0 aliphatic heterocycles. The smallest absolute Gasteiger partial charge is 0.312 e. The van der Waals surface area contributed by atoms with Crippen molar-refractivity contribution in [2.75, 3.05) is 14.2 Å². The van der Waals surface area contributed by atoms with E-state index in [1.807, 2.05) is 25.1 Å². The van der Waals surface area contributed by atoms with Gasteiger partial charge in [-0.1, -0.05) is 22.0 Å². The van der Waals surface area contributed by atoms with E-state index < -0.39 is 5.41 Å². The molecule has 0 spiro atoms. The summed E-state index contributed by atoms with van der Waals surface area (Å²) in [5.41, 5.74) is 0.402. The first kappa shape index (κ1) is 18.0. The largest absolute Gasteiger partial charge is 0.497 e. The van der Waals surface area contributed by atoms with Crippen molar-refractivity contribution < 1.29 is 19.1 Å². The van der Waals surface area contributed by atoms with Crippen LogP contribution in [0, 0.1) is 11.3 Å². The van der Waals surface area contributed by atoms with Crippen molar-refractivity contribution in [1.82, 2.24) is 0 Å². The highest BCUT2D eigenvalue weighted by molar-refractivity contribution is 9.10. The second-order valence-electron chi connectivity index (χ2n) is 6.28. The van der Waals surface area contributed by atoms with Crippen molar-refractivity contribution in [1.29, 1.82) is 0 Å². The highest BCUT2D eigenvalue weighted by Gasteiger charge is 2.47. The number of hydrogen-bond acceptors (Lipinski definition) is 4. The molecule has 0 aromatic heterocycles. The van der Waals surface area contributed by atoms with Crippen LogP contribution in [0.4, 0.5) is 0 Å². The average Bonchev–Trinajstić information content (AvgIpc) is 2.54. The van der Waals surface area contributed by atoms with Crippen LogP contribution in [-0.2, 0) is 20.7 Å². The van der Waals surface area contributed by atoms with Crippen LogP contribution in [0.2, 0.25) is 0 Å². The normalized spacial score (nSPS) is 24.3. The maximum atomic E-state index is 12.4. The van der Waals surface area contributed by atoms with Gasteiger partial charge >= 0.3 is 5.97 Å². The molecule has 1 aliphatic rings. The summed E-state index contributed by atoms with van der Waals surface area (Å²) < 4.78 is 11.1. The second-order valence-corrected chi connectivity index (χ2v) is 7.13. The Morgan fingerprint density at radius 3 is 2.74 bits per heavy atom. The van der Waals surface area contributed by atoms with Gasteiger partial charge in [-0.25, -0.2) is 0 Å². The molecule has 1 aromatic carbocycles. The van der Waals surface area contributed by atoms with Crippen LogP contribution >= 0.6 is 15.9 Å². The van der Waals surface area contributed by atoms with Crippen molar-refractivity contribution in [2.45, 2.75) is 39.0 Å². The maximum Gasteiger partial charge on any atom is 0.312 e. The van der Waals surface area contributed by atoms with Gasteiger partial charge in [0.2, 0.25) is 0 Å². The van der Waals surface area contributed by atoms with Gasteiger partial charge in [-0.05, 0) is 50.3 Å². The molecule has 4 nitrogen and oxygen atoms in total. The molecule has 5 heteroatoms. The van der Waals surface area contributed by atoms with Gasteiger partial charge in [-0.2, -0.15) is 0 Å². The summed E-state index contributed by atoms with van der Waals surface area (Å²) in [5.74, 6) is 0.407. The fourth-order valence-corrected chi connectivity index (χ4v) is 4.00. The van der Waals surface area contributed by atoms with Gasteiger partial charge in [0, 0.05) is 16.8 Å². The van der Waals surface area contributed by atoms with E-state index in [1.54, 1.807) is 7.11 Å². The highest BCUT2D eigenvalue weighted by Crippen LogP contribution is 2.42. The van der Waals surface area contributed by atoms with Gasteiger partial charge < -0.3 is 9.47 Å². The van der Waals surface area contributed by atoms with Crippen molar-refractivity contribution in [3.63, 3.8) is 0 Å². The number of carbonyl (C=O) groups excluding carboxylic acids is 2. The van der Waals surface area contributed by atoms with Gasteiger partial charge in [-0.15, -0.1) is 0 Å². The molecule has 1 aromatic rings. The minimum Gasteiger partial charge on any atom is -0.497 e. The molecule has 1 saturated carbocycles. The fourth-order valence-electron chi connectivity index (χ4n) is 3.45. The lowest BCUT2D eigenvalue weighted by Crippen LogP contribution is -2.44. The van der Waals surface area contributed by atoms with Crippen LogP contribution in [0.5, 0.6) is 5.75 Å². The Morgan fingerprint density at radius 2 is 2.13 bits per heavy atom. The maximum absolute atomic E-state index is 12.4. The topological polar surface area (TPSA) is 52.6 Å². The molecule has 23 heavy (non-hydrogen) atoms. The van der Waals surface area contributed by atoms with E-state index in [0.717, 1.165) is 28.6 Å². The van der Waals surface area contributed by atoms with Crippen molar-refractivity contribution in [2.24, 2.45) is 11.3 Å². The number of rotatable bonds is 5. The Balaban J connectivity index is 2.16. The summed E-state index contributed by atoms with van der Waals surface area (Å²) in [6.07, 6.45) is 3.40. The Morgan fingerprint density at radius 1 is 1.39 bits per heavy atom. The van der Waals surface area contributed by atoms with E-state index in [4.69, 9.17) is 9.47 Å². The number of ether oxygens (including phenoxy) is 2. The number of aryl methyl sites for hydroxylation is 1. The minimum absolute atomic E-state index is 0.175. The molecular formula is C18H23BrO4. The van der Waals surface area contributed by atoms with Gasteiger partial charge in [0.1, 0.15) is 11.5 Å². The average molecular weight is 383 g/mol. The summed E-state index contributed by atoms with van der Waals surface area (Å²) in [4.78, 5) is 24.6. The molecule has 2 rings (SSSR count). The molecule has 0 heterocycles. The molecule has 0 saturated heterocycles.